The Morgan fingerprint density at radius 3 is 2.72 bits per heavy atom. The minimum atomic E-state index is -1.29. The summed E-state index contributed by atoms with van der Waals surface area (Å²) in [5, 5.41) is 11.3. The molecule has 0 aromatic heterocycles. The maximum atomic E-state index is 11.7. The fourth-order valence-corrected chi connectivity index (χ4v) is 1.57. The molecule has 1 fully saturated rings. The molecule has 0 aromatic carbocycles. The van der Waals surface area contributed by atoms with Crippen molar-refractivity contribution in [1.82, 2.24) is 5.32 Å². The smallest absolute Gasteiger partial charge is 0.328 e. The zero-order valence-electron chi connectivity index (χ0n) is 11.1. The van der Waals surface area contributed by atoms with Crippen LogP contribution in [-0.4, -0.2) is 47.9 Å². The van der Waals surface area contributed by atoms with Gasteiger partial charge in [-0.25, -0.2) is 4.79 Å². The highest BCUT2D eigenvalue weighted by molar-refractivity contribution is 5.88. The lowest BCUT2D eigenvalue weighted by Gasteiger charge is -2.24. The van der Waals surface area contributed by atoms with Gasteiger partial charge in [-0.1, -0.05) is 0 Å². The summed E-state index contributed by atoms with van der Waals surface area (Å²) in [6.07, 6.45) is 1.32. The third-order valence-corrected chi connectivity index (χ3v) is 2.90. The van der Waals surface area contributed by atoms with Crippen LogP contribution < -0.4 is 5.32 Å². The number of hydrogen-bond donors (Lipinski definition) is 2. The van der Waals surface area contributed by atoms with Gasteiger partial charge in [-0.3, -0.25) is 4.79 Å². The predicted molar refractivity (Wildman–Crippen MR) is 64.2 cm³/mol. The Labute approximate surface area is 107 Å². The maximum absolute atomic E-state index is 11.7. The van der Waals surface area contributed by atoms with Crippen LogP contribution in [0.2, 0.25) is 0 Å². The minimum Gasteiger partial charge on any atom is -0.480 e. The lowest BCUT2D eigenvalue weighted by Crippen LogP contribution is -2.52. The van der Waals surface area contributed by atoms with Crippen LogP contribution in [0.5, 0.6) is 0 Å². The molecule has 0 aromatic rings. The fourth-order valence-electron chi connectivity index (χ4n) is 1.57. The summed E-state index contributed by atoms with van der Waals surface area (Å²) in [7, 11) is 0. The van der Waals surface area contributed by atoms with Crippen LogP contribution in [0.15, 0.2) is 0 Å². The lowest BCUT2D eigenvalue weighted by molar-refractivity contribution is -0.148. The summed E-state index contributed by atoms with van der Waals surface area (Å²) in [6, 6.07) is 0. The molecule has 1 aliphatic rings. The number of carbonyl (C=O) groups excluding carboxylic acids is 1. The summed E-state index contributed by atoms with van der Waals surface area (Å²) in [5.74, 6) is -1.51. The molecule has 0 unspecified atom stereocenters. The molecule has 1 heterocycles. The van der Waals surface area contributed by atoms with E-state index in [1.165, 1.54) is 13.8 Å². The topological polar surface area (TPSA) is 84.9 Å². The molecule has 1 aliphatic heterocycles. The van der Waals surface area contributed by atoms with Crippen molar-refractivity contribution in [3.05, 3.63) is 0 Å². The van der Waals surface area contributed by atoms with Crippen LogP contribution in [0.1, 0.15) is 33.6 Å². The molecule has 1 rings (SSSR count). The Balaban J connectivity index is 2.34. The van der Waals surface area contributed by atoms with E-state index in [0.29, 0.717) is 6.61 Å². The van der Waals surface area contributed by atoms with E-state index >= 15 is 0 Å². The number of carboxylic acid groups (broad SMARTS) is 1. The molecule has 0 spiro atoms. The Morgan fingerprint density at radius 1 is 1.56 bits per heavy atom. The predicted octanol–water partition coefficient (Wildman–Crippen LogP) is 0.550. The average molecular weight is 259 g/mol. The van der Waals surface area contributed by atoms with Gasteiger partial charge in [0, 0.05) is 6.61 Å². The maximum Gasteiger partial charge on any atom is 0.328 e. The zero-order valence-corrected chi connectivity index (χ0v) is 11.1. The van der Waals surface area contributed by atoms with Gasteiger partial charge in [0.05, 0.1) is 12.7 Å². The zero-order chi connectivity index (χ0) is 13.8. The minimum absolute atomic E-state index is 0.0488. The normalized spacial score (nSPS) is 21.6. The van der Waals surface area contributed by atoms with E-state index in [1.54, 1.807) is 6.92 Å². The number of nitrogens with one attached hydrogen (secondary N) is 1. The number of carboxylic acids is 1. The molecule has 0 saturated carbocycles. The highest BCUT2D eigenvalue weighted by Crippen LogP contribution is 2.13. The van der Waals surface area contributed by atoms with Gasteiger partial charge in [0.1, 0.15) is 11.6 Å². The standard InChI is InChI=1S/C12H21NO5/c1-8(18-7-9-5-4-6-17-9)10(14)13-12(2,3)11(15)16/h8-9H,4-7H2,1-3H3,(H,13,14)(H,15,16)/t8-,9-/m1/s1. The van der Waals surface area contributed by atoms with Crippen molar-refractivity contribution in [3.63, 3.8) is 0 Å². The molecule has 1 saturated heterocycles. The van der Waals surface area contributed by atoms with E-state index in [4.69, 9.17) is 14.6 Å². The summed E-state index contributed by atoms with van der Waals surface area (Å²) >= 11 is 0. The Kier molecular flexibility index (Phi) is 5.10. The number of carbonyl (C=O) groups is 2. The van der Waals surface area contributed by atoms with Crippen LogP contribution in [0.4, 0.5) is 0 Å². The van der Waals surface area contributed by atoms with Gasteiger partial charge in [0.15, 0.2) is 0 Å². The monoisotopic (exact) mass is 259 g/mol. The van der Waals surface area contributed by atoms with Crippen LogP contribution in [0.25, 0.3) is 0 Å². The number of aliphatic carboxylic acids is 1. The fraction of sp³-hybridized carbons (Fsp3) is 0.833. The van der Waals surface area contributed by atoms with E-state index in [2.05, 4.69) is 5.32 Å². The largest absolute Gasteiger partial charge is 0.480 e. The first-order valence-corrected chi connectivity index (χ1v) is 6.11. The van der Waals surface area contributed by atoms with Crippen LogP contribution >= 0.6 is 0 Å². The number of hydrogen-bond acceptors (Lipinski definition) is 4. The molecule has 1 amide bonds. The van der Waals surface area contributed by atoms with Gasteiger partial charge in [-0.05, 0) is 33.6 Å². The van der Waals surface area contributed by atoms with E-state index in [1.807, 2.05) is 0 Å². The molecule has 6 nitrogen and oxygen atoms in total. The van der Waals surface area contributed by atoms with E-state index < -0.39 is 23.5 Å². The summed E-state index contributed by atoms with van der Waals surface area (Å²) in [5.41, 5.74) is -1.29. The van der Waals surface area contributed by atoms with Crippen molar-refractivity contribution in [2.75, 3.05) is 13.2 Å². The first-order chi connectivity index (χ1) is 8.33. The van der Waals surface area contributed by atoms with Gasteiger partial charge < -0.3 is 19.9 Å². The van der Waals surface area contributed by atoms with Gasteiger partial charge >= 0.3 is 5.97 Å². The molecular formula is C12H21NO5. The average Bonchev–Trinajstić information content (AvgIpc) is 2.77. The molecule has 0 radical (unpaired) electrons. The second-order valence-corrected chi connectivity index (χ2v) is 5.03. The molecule has 104 valence electrons. The molecule has 6 heteroatoms. The molecule has 2 atom stereocenters. The first kappa shape index (κ1) is 14.9. The molecule has 0 aliphatic carbocycles. The summed E-state index contributed by atoms with van der Waals surface area (Å²) in [4.78, 5) is 22.6. The SMILES string of the molecule is C[C@@H](OC[C@H]1CCCO1)C(=O)NC(C)(C)C(=O)O. The number of amides is 1. The molecule has 2 N–H and O–H groups in total. The van der Waals surface area contributed by atoms with Crippen molar-refractivity contribution >= 4 is 11.9 Å². The third-order valence-electron chi connectivity index (χ3n) is 2.90. The van der Waals surface area contributed by atoms with Gasteiger partial charge in [0.2, 0.25) is 5.91 Å². The van der Waals surface area contributed by atoms with Crippen molar-refractivity contribution in [3.8, 4) is 0 Å². The lowest BCUT2D eigenvalue weighted by atomic mass is 10.1. The van der Waals surface area contributed by atoms with E-state index in [9.17, 15) is 9.59 Å². The van der Waals surface area contributed by atoms with Gasteiger partial charge in [-0.15, -0.1) is 0 Å². The summed E-state index contributed by atoms with van der Waals surface area (Å²) < 4.78 is 10.8. The van der Waals surface area contributed by atoms with Gasteiger partial charge in [-0.2, -0.15) is 0 Å². The number of rotatable bonds is 6. The van der Waals surface area contributed by atoms with E-state index in [0.717, 1.165) is 19.4 Å². The quantitative estimate of drug-likeness (QED) is 0.727. The van der Waals surface area contributed by atoms with Crippen LogP contribution in [0.3, 0.4) is 0 Å². The van der Waals surface area contributed by atoms with Crippen molar-refractivity contribution in [2.24, 2.45) is 0 Å². The highest BCUT2D eigenvalue weighted by Gasteiger charge is 2.31. The Bertz CT molecular complexity index is 310. The van der Waals surface area contributed by atoms with Crippen molar-refractivity contribution < 1.29 is 24.2 Å². The van der Waals surface area contributed by atoms with E-state index in [-0.39, 0.29) is 6.10 Å². The molecular weight excluding hydrogens is 238 g/mol. The van der Waals surface area contributed by atoms with Gasteiger partial charge in [0.25, 0.3) is 0 Å². The second-order valence-electron chi connectivity index (χ2n) is 5.03. The van der Waals surface area contributed by atoms with Crippen molar-refractivity contribution in [2.45, 2.75) is 51.4 Å². The first-order valence-electron chi connectivity index (χ1n) is 6.11. The Morgan fingerprint density at radius 2 is 2.22 bits per heavy atom. The number of ether oxygens (including phenoxy) is 2. The highest BCUT2D eigenvalue weighted by atomic mass is 16.5. The third kappa shape index (κ3) is 4.27. The van der Waals surface area contributed by atoms with Crippen LogP contribution in [-0.2, 0) is 19.1 Å². The Hall–Kier alpha value is -1.14. The van der Waals surface area contributed by atoms with Crippen LogP contribution in [0, 0.1) is 0 Å². The second kappa shape index (κ2) is 6.15. The summed E-state index contributed by atoms with van der Waals surface area (Å²) in [6.45, 7) is 5.56. The molecule has 0 bridgehead atoms. The molecule has 18 heavy (non-hydrogen) atoms. The van der Waals surface area contributed by atoms with Crippen molar-refractivity contribution in [1.29, 1.82) is 0 Å².